The van der Waals surface area contributed by atoms with Gasteiger partial charge in [-0.2, -0.15) is 0 Å². The zero-order chi connectivity index (χ0) is 19.6. The summed E-state index contributed by atoms with van der Waals surface area (Å²) in [4.78, 5) is 29.2. The Morgan fingerprint density at radius 2 is 1.93 bits per heavy atom. The number of rotatable bonds is 4. The Labute approximate surface area is 168 Å². The van der Waals surface area contributed by atoms with Crippen molar-refractivity contribution in [3.8, 4) is 0 Å². The minimum atomic E-state index is 0.188. The summed E-state index contributed by atoms with van der Waals surface area (Å²) in [5.74, 6) is 0.501. The molecular weight excluding hydrogens is 352 g/mol. The molecule has 0 aromatic heterocycles. The first kappa shape index (κ1) is 19.4. The monoisotopic (exact) mass is 384 g/mol. The standard InChI is InChI=1S/C23H32N2O3/c1-18-4-6-19(7-5-18)15-22(27)24-12-10-23(11-13-24)9-8-21(26)25(17-23)16-20-3-2-14-28-20/h4-7,20H,2-3,8-17H2,1H3. The summed E-state index contributed by atoms with van der Waals surface area (Å²) in [5.41, 5.74) is 2.49. The molecule has 1 aromatic carbocycles. The highest BCUT2D eigenvalue weighted by molar-refractivity contribution is 5.79. The molecule has 1 unspecified atom stereocenters. The van der Waals surface area contributed by atoms with Crippen molar-refractivity contribution in [1.29, 1.82) is 0 Å². The number of likely N-dealkylation sites (tertiary alicyclic amines) is 2. The number of ether oxygens (including phenoxy) is 1. The first-order valence-corrected chi connectivity index (χ1v) is 10.8. The molecule has 1 aromatic rings. The van der Waals surface area contributed by atoms with Crippen LogP contribution < -0.4 is 0 Å². The summed E-state index contributed by atoms with van der Waals surface area (Å²) in [6, 6.07) is 8.23. The van der Waals surface area contributed by atoms with Gasteiger partial charge >= 0.3 is 0 Å². The van der Waals surface area contributed by atoms with Crippen LogP contribution in [0.1, 0.15) is 49.7 Å². The van der Waals surface area contributed by atoms with Gasteiger partial charge in [-0.3, -0.25) is 9.59 Å². The Balaban J connectivity index is 1.31. The molecule has 3 aliphatic rings. The van der Waals surface area contributed by atoms with E-state index in [1.165, 1.54) is 5.56 Å². The smallest absolute Gasteiger partial charge is 0.226 e. The summed E-state index contributed by atoms with van der Waals surface area (Å²) in [6.45, 7) is 6.10. The van der Waals surface area contributed by atoms with Crippen LogP contribution >= 0.6 is 0 Å². The summed E-state index contributed by atoms with van der Waals surface area (Å²) in [7, 11) is 0. The zero-order valence-corrected chi connectivity index (χ0v) is 17.0. The number of nitrogens with zero attached hydrogens (tertiary/aromatic N) is 2. The maximum absolute atomic E-state index is 12.7. The van der Waals surface area contributed by atoms with Crippen molar-refractivity contribution in [1.82, 2.24) is 9.80 Å². The van der Waals surface area contributed by atoms with Crippen molar-refractivity contribution >= 4 is 11.8 Å². The predicted octanol–water partition coefficient (Wildman–Crippen LogP) is 2.95. The normalized spacial score (nSPS) is 24.8. The third-order valence-corrected chi connectivity index (χ3v) is 6.85. The van der Waals surface area contributed by atoms with Crippen LogP contribution in [-0.2, 0) is 20.7 Å². The summed E-state index contributed by atoms with van der Waals surface area (Å²) in [5, 5.41) is 0. The minimum absolute atomic E-state index is 0.188. The molecule has 0 radical (unpaired) electrons. The molecule has 3 aliphatic heterocycles. The van der Waals surface area contributed by atoms with Crippen LogP contribution in [0.25, 0.3) is 0 Å². The van der Waals surface area contributed by atoms with E-state index in [4.69, 9.17) is 4.74 Å². The van der Waals surface area contributed by atoms with Gasteiger partial charge in [-0.05, 0) is 50.0 Å². The van der Waals surface area contributed by atoms with Crippen LogP contribution in [0.3, 0.4) is 0 Å². The molecule has 4 rings (SSSR count). The Morgan fingerprint density at radius 3 is 2.61 bits per heavy atom. The summed E-state index contributed by atoms with van der Waals surface area (Å²) in [6.07, 6.45) is 6.49. The number of benzene rings is 1. The van der Waals surface area contributed by atoms with Gasteiger partial charge < -0.3 is 14.5 Å². The molecule has 5 nitrogen and oxygen atoms in total. The minimum Gasteiger partial charge on any atom is -0.376 e. The lowest BCUT2D eigenvalue weighted by Gasteiger charge is -2.47. The maximum atomic E-state index is 12.7. The van der Waals surface area contributed by atoms with Crippen LogP contribution in [-0.4, -0.2) is 60.5 Å². The predicted molar refractivity (Wildman–Crippen MR) is 108 cm³/mol. The molecule has 0 N–H and O–H groups in total. The number of carbonyl (C=O) groups is 2. The number of aryl methyl sites for hydroxylation is 1. The lowest BCUT2D eigenvalue weighted by molar-refractivity contribution is -0.143. The average Bonchev–Trinajstić information content (AvgIpc) is 3.20. The van der Waals surface area contributed by atoms with E-state index in [1.54, 1.807) is 0 Å². The van der Waals surface area contributed by atoms with Gasteiger partial charge in [-0.15, -0.1) is 0 Å². The van der Waals surface area contributed by atoms with Crippen molar-refractivity contribution in [3.63, 3.8) is 0 Å². The van der Waals surface area contributed by atoms with Crippen LogP contribution in [0.4, 0.5) is 0 Å². The molecule has 3 saturated heterocycles. The van der Waals surface area contributed by atoms with Crippen molar-refractivity contribution in [2.75, 3.05) is 32.8 Å². The highest BCUT2D eigenvalue weighted by Crippen LogP contribution is 2.40. The fourth-order valence-electron chi connectivity index (χ4n) is 4.93. The third-order valence-electron chi connectivity index (χ3n) is 6.85. The molecule has 5 heteroatoms. The molecule has 1 atom stereocenters. The van der Waals surface area contributed by atoms with E-state index in [2.05, 4.69) is 19.1 Å². The van der Waals surface area contributed by atoms with Gasteiger partial charge in [0.2, 0.25) is 11.8 Å². The van der Waals surface area contributed by atoms with E-state index < -0.39 is 0 Å². The lowest BCUT2D eigenvalue weighted by atomic mass is 9.72. The van der Waals surface area contributed by atoms with Crippen molar-refractivity contribution < 1.29 is 14.3 Å². The van der Waals surface area contributed by atoms with Crippen LogP contribution in [0.5, 0.6) is 0 Å². The van der Waals surface area contributed by atoms with Gasteiger partial charge in [0.1, 0.15) is 0 Å². The lowest BCUT2D eigenvalue weighted by Crippen LogP contribution is -2.53. The largest absolute Gasteiger partial charge is 0.376 e. The molecule has 28 heavy (non-hydrogen) atoms. The third kappa shape index (κ3) is 4.40. The first-order chi connectivity index (χ1) is 13.5. The zero-order valence-electron chi connectivity index (χ0n) is 17.0. The van der Waals surface area contributed by atoms with Crippen molar-refractivity contribution in [3.05, 3.63) is 35.4 Å². The number of piperidine rings is 2. The van der Waals surface area contributed by atoms with Crippen LogP contribution in [0.15, 0.2) is 24.3 Å². The van der Waals surface area contributed by atoms with Gasteiger partial charge in [0, 0.05) is 39.2 Å². The van der Waals surface area contributed by atoms with Gasteiger partial charge in [0.05, 0.1) is 12.5 Å². The fourth-order valence-corrected chi connectivity index (χ4v) is 4.93. The Kier molecular flexibility index (Phi) is 5.72. The van der Waals surface area contributed by atoms with Gasteiger partial charge in [0.25, 0.3) is 0 Å². The molecule has 3 fully saturated rings. The number of amides is 2. The van der Waals surface area contributed by atoms with Crippen LogP contribution in [0.2, 0.25) is 0 Å². The van der Waals surface area contributed by atoms with Gasteiger partial charge in [-0.25, -0.2) is 0 Å². The molecule has 3 heterocycles. The quantitative estimate of drug-likeness (QED) is 0.802. The van der Waals surface area contributed by atoms with E-state index in [9.17, 15) is 9.59 Å². The SMILES string of the molecule is Cc1ccc(CC(=O)N2CCC3(CCC(=O)N(CC4CCCO4)C3)CC2)cc1. The second-order valence-electron chi connectivity index (χ2n) is 8.95. The highest BCUT2D eigenvalue weighted by atomic mass is 16.5. The van der Waals surface area contributed by atoms with Gasteiger partial charge in [-0.1, -0.05) is 29.8 Å². The highest BCUT2D eigenvalue weighted by Gasteiger charge is 2.42. The van der Waals surface area contributed by atoms with E-state index in [-0.39, 0.29) is 23.3 Å². The van der Waals surface area contributed by atoms with E-state index in [0.717, 1.165) is 70.5 Å². The molecule has 0 saturated carbocycles. The Bertz CT molecular complexity index is 701. The molecule has 0 aliphatic carbocycles. The van der Waals surface area contributed by atoms with E-state index >= 15 is 0 Å². The molecule has 1 spiro atoms. The molecule has 152 valence electrons. The second-order valence-corrected chi connectivity index (χ2v) is 8.95. The number of carbonyl (C=O) groups excluding carboxylic acids is 2. The van der Waals surface area contributed by atoms with Crippen LogP contribution in [0, 0.1) is 12.3 Å². The second kappa shape index (κ2) is 8.24. The van der Waals surface area contributed by atoms with E-state index in [0.29, 0.717) is 12.8 Å². The number of hydrogen-bond donors (Lipinski definition) is 0. The molecular formula is C23H32N2O3. The Hall–Kier alpha value is -1.88. The average molecular weight is 385 g/mol. The fraction of sp³-hybridized carbons (Fsp3) is 0.652. The van der Waals surface area contributed by atoms with Gasteiger partial charge in [0.15, 0.2) is 0 Å². The van der Waals surface area contributed by atoms with E-state index in [1.807, 2.05) is 21.9 Å². The summed E-state index contributed by atoms with van der Waals surface area (Å²) < 4.78 is 5.75. The molecule has 2 amide bonds. The topological polar surface area (TPSA) is 49.9 Å². The van der Waals surface area contributed by atoms with Crippen molar-refractivity contribution in [2.24, 2.45) is 5.41 Å². The maximum Gasteiger partial charge on any atom is 0.226 e. The summed E-state index contributed by atoms with van der Waals surface area (Å²) >= 11 is 0. The first-order valence-electron chi connectivity index (χ1n) is 10.8. The van der Waals surface area contributed by atoms with Crippen molar-refractivity contribution in [2.45, 2.75) is 58.0 Å². The molecule has 0 bridgehead atoms. The number of hydrogen-bond acceptors (Lipinski definition) is 3. The Morgan fingerprint density at radius 1 is 1.18 bits per heavy atom.